The monoisotopic (exact) mass is 402 g/mol. The predicted octanol–water partition coefficient (Wildman–Crippen LogP) is 2.88. The van der Waals surface area contributed by atoms with E-state index in [4.69, 9.17) is 0 Å². The molecule has 0 bridgehead atoms. The van der Waals surface area contributed by atoms with Gasteiger partial charge in [0.1, 0.15) is 5.01 Å². The molecule has 1 aliphatic carbocycles. The smallest absolute Gasteiger partial charge is 0.240 e. The molecule has 1 aliphatic rings. The zero-order valence-corrected chi connectivity index (χ0v) is 16.0. The molecule has 1 amide bonds. The Morgan fingerprint density at radius 1 is 1.11 bits per heavy atom. The number of hydrogen-bond acceptors (Lipinski definition) is 6. The lowest BCUT2D eigenvalue weighted by atomic mass is 10.1. The average Bonchev–Trinajstić information content (AvgIpc) is 3.41. The number of anilines is 1. The van der Waals surface area contributed by atoms with E-state index in [1.807, 2.05) is 24.3 Å². The van der Waals surface area contributed by atoms with Crippen LogP contribution in [0.1, 0.15) is 30.2 Å². The van der Waals surface area contributed by atoms with Gasteiger partial charge in [-0.05, 0) is 35.7 Å². The standard InChI is InChI=1S/C18H18N4O3S2/c23-16(20-18-22-21-17(26-18)13-5-6-13)9-10-19-27(24,25)15-8-7-12-3-1-2-4-14(12)11-15/h1-4,7-8,11,13,19H,5-6,9-10H2,(H,20,22,23). The molecular weight excluding hydrogens is 384 g/mol. The van der Waals surface area contributed by atoms with Crippen LogP contribution in [-0.2, 0) is 14.8 Å². The maximum atomic E-state index is 12.4. The van der Waals surface area contributed by atoms with Crippen LogP contribution in [0.3, 0.4) is 0 Å². The van der Waals surface area contributed by atoms with Gasteiger partial charge in [0.25, 0.3) is 0 Å². The van der Waals surface area contributed by atoms with Crippen LogP contribution in [0.5, 0.6) is 0 Å². The summed E-state index contributed by atoms with van der Waals surface area (Å²) in [5.74, 6) is 0.191. The second-order valence-electron chi connectivity index (χ2n) is 6.42. The summed E-state index contributed by atoms with van der Waals surface area (Å²) >= 11 is 1.38. The van der Waals surface area contributed by atoms with Crippen LogP contribution in [0, 0.1) is 0 Å². The van der Waals surface area contributed by atoms with Gasteiger partial charge in [0.2, 0.25) is 21.1 Å². The van der Waals surface area contributed by atoms with Crippen LogP contribution < -0.4 is 10.0 Å². The van der Waals surface area contributed by atoms with Crippen LogP contribution in [0.25, 0.3) is 10.8 Å². The summed E-state index contributed by atoms with van der Waals surface area (Å²) in [6.45, 7) is 0.00921. The first-order chi connectivity index (χ1) is 13.0. The van der Waals surface area contributed by atoms with E-state index in [0.29, 0.717) is 11.0 Å². The van der Waals surface area contributed by atoms with Gasteiger partial charge in [-0.1, -0.05) is 41.7 Å². The minimum Gasteiger partial charge on any atom is -0.300 e. The Balaban J connectivity index is 1.33. The number of carbonyl (C=O) groups is 1. The highest BCUT2D eigenvalue weighted by molar-refractivity contribution is 7.89. The third kappa shape index (κ3) is 4.32. The van der Waals surface area contributed by atoms with Crippen molar-refractivity contribution in [2.24, 2.45) is 0 Å². The second kappa shape index (κ2) is 7.34. The number of amides is 1. The van der Waals surface area contributed by atoms with E-state index in [1.165, 1.54) is 11.3 Å². The number of hydrogen-bond donors (Lipinski definition) is 2. The van der Waals surface area contributed by atoms with Crippen LogP contribution in [-0.4, -0.2) is 31.1 Å². The molecule has 1 aromatic heterocycles. The first-order valence-corrected chi connectivity index (χ1v) is 10.9. The lowest BCUT2D eigenvalue weighted by Gasteiger charge is -2.07. The number of nitrogens with zero attached hydrogens (tertiary/aromatic N) is 2. The minimum atomic E-state index is -3.67. The number of rotatable bonds is 7. The molecule has 0 atom stereocenters. The van der Waals surface area contributed by atoms with Crippen molar-refractivity contribution in [2.75, 3.05) is 11.9 Å². The van der Waals surface area contributed by atoms with Crippen molar-refractivity contribution in [1.29, 1.82) is 0 Å². The molecule has 1 heterocycles. The Morgan fingerprint density at radius 3 is 2.67 bits per heavy atom. The summed E-state index contributed by atoms with van der Waals surface area (Å²) in [5.41, 5.74) is 0. The second-order valence-corrected chi connectivity index (χ2v) is 9.20. The molecule has 2 N–H and O–H groups in total. The van der Waals surface area contributed by atoms with Crippen LogP contribution in [0.4, 0.5) is 5.13 Å². The Bertz CT molecular complexity index is 1090. The normalized spacial score (nSPS) is 14.4. The third-order valence-corrected chi connectivity index (χ3v) is 6.75. The number of sulfonamides is 1. The highest BCUT2D eigenvalue weighted by Crippen LogP contribution is 2.42. The zero-order chi connectivity index (χ0) is 18.9. The lowest BCUT2D eigenvalue weighted by Crippen LogP contribution is -2.27. The van der Waals surface area contributed by atoms with Crippen molar-refractivity contribution >= 4 is 43.2 Å². The molecule has 9 heteroatoms. The predicted molar refractivity (Wildman–Crippen MR) is 104 cm³/mol. The van der Waals surface area contributed by atoms with Gasteiger partial charge in [-0.3, -0.25) is 4.79 Å². The fraction of sp³-hybridized carbons (Fsp3) is 0.278. The topological polar surface area (TPSA) is 101 Å². The summed E-state index contributed by atoms with van der Waals surface area (Å²) in [6, 6.07) is 12.5. The van der Waals surface area contributed by atoms with Gasteiger partial charge in [-0.15, -0.1) is 10.2 Å². The number of benzene rings is 2. The van der Waals surface area contributed by atoms with E-state index in [9.17, 15) is 13.2 Å². The summed E-state index contributed by atoms with van der Waals surface area (Å²) < 4.78 is 27.3. The van der Waals surface area contributed by atoms with Gasteiger partial charge in [0, 0.05) is 18.9 Å². The maximum Gasteiger partial charge on any atom is 0.240 e. The van der Waals surface area contributed by atoms with Gasteiger partial charge in [0.05, 0.1) is 4.90 Å². The largest absolute Gasteiger partial charge is 0.300 e. The van der Waals surface area contributed by atoms with Crippen LogP contribution in [0.15, 0.2) is 47.4 Å². The fourth-order valence-electron chi connectivity index (χ4n) is 2.68. The first kappa shape index (κ1) is 18.0. The Kier molecular flexibility index (Phi) is 4.90. The molecule has 3 aromatic rings. The van der Waals surface area contributed by atoms with Crippen molar-refractivity contribution in [3.8, 4) is 0 Å². The van der Waals surface area contributed by atoms with Crippen molar-refractivity contribution in [1.82, 2.24) is 14.9 Å². The van der Waals surface area contributed by atoms with Gasteiger partial charge in [-0.2, -0.15) is 0 Å². The summed E-state index contributed by atoms with van der Waals surface area (Å²) in [5, 5.41) is 13.9. The average molecular weight is 403 g/mol. The lowest BCUT2D eigenvalue weighted by molar-refractivity contribution is -0.116. The molecule has 0 spiro atoms. The van der Waals surface area contributed by atoms with E-state index < -0.39 is 10.0 Å². The summed E-state index contributed by atoms with van der Waals surface area (Å²) in [6.07, 6.45) is 2.27. The number of aromatic nitrogens is 2. The highest BCUT2D eigenvalue weighted by Gasteiger charge is 2.27. The molecule has 1 saturated carbocycles. The molecule has 0 saturated heterocycles. The highest BCUT2D eigenvalue weighted by atomic mass is 32.2. The number of carbonyl (C=O) groups excluding carboxylic acids is 1. The van der Waals surface area contributed by atoms with E-state index in [2.05, 4.69) is 20.2 Å². The first-order valence-electron chi connectivity index (χ1n) is 8.63. The Labute approximate surface area is 160 Å². The van der Waals surface area contributed by atoms with Gasteiger partial charge >= 0.3 is 0 Å². The Morgan fingerprint density at radius 2 is 1.89 bits per heavy atom. The van der Waals surface area contributed by atoms with Gasteiger partial charge < -0.3 is 5.32 Å². The Hall–Kier alpha value is -2.36. The minimum absolute atomic E-state index is 0.00921. The fourth-order valence-corrected chi connectivity index (χ4v) is 4.67. The molecule has 4 rings (SSSR count). The molecule has 0 unspecified atom stereocenters. The van der Waals surface area contributed by atoms with E-state index in [1.54, 1.807) is 18.2 Å². The van der Waals surface area contributed by atoms with Crippen molar-refractivity contribution in [2.45, 2.75) is 30.1 Å². The van der Waals surface area contributed by atoms with E-state index in [0.717, 1.165) is 28.6 Å². The van der Waals surface area contributed by atoms with Gasteiger partial charge in [0.15, 0.2) is 0 Å². The van der Waals surface area contributed by atoms with Crippen molar-refractivity contribution < 1.29 is 13.2 Å². The molecule has 1 fully saturated rings. The van der Waals surface area contributed by atoms with Crippen molar-refractivity contribution in [3.63, 3.8) is 0 Å². The molecule has 7 nitrogen and oxygen atoms in total. The SMILES string of the molecule is O=C(CCNS(=O)(=O)c1ccc2ccccc2c1)Nc1nnc(C2CC2)s1. The quantitative estimate of drug-likeness (QED) is 0.633. The number of fused-ring (bicyclic) bond motifs is 1. The molecule has 140 valence electrons. The molecule has 27 heavy (non-hydrogen) atoms. The third-order valence-electron chi connectivity index (χ3n) is 4.29. The van der Waals surface area contributed by atoms with E-state index >= 15 is 0 Å². The van der Waals surface area contributed by atoms with Crippen LogP contribution >= 0.6 is 11.3 Å². The summed E-state index contributed by atoms with van der Waals surface area (Å²) in [7, 11) is -3.67. The van der Waals surface area contributed by atoms with Crippen molar-refractivity contribution in [3.05, 3.63) is 47.5 Å². The molecular formula is C18H18N4O3S2. The number of nitrogens with one attached hydrogen (secondary N) is 2. The summed E-state index contributed by atoms with van der Waals surface area (Å²) in [4.78, 5) is 12.2. The maximum absolute atomic E-state index is 12.4. The van der Waals surface area contributed by atoms with E-state index in [-0.39, 0.29) is 23.8 Å². The van der Waals surface area contributed by atoms with Crippen LogP contribution in [0.2, 0.25) is 0 Å². The molecule has 0 aliphatic heterocycles. The van der Waals surface area contributed by atoms with Gasteiger partial charge in [-0.25, -0.2) is 13.1 Å². The molecule has 2 aromatic carbocycles. The molecule has 0 radical (unpaired) electrons. The zero-order valence-electron chi connectivity index (χ0n) is 14.4.